The molecule has 0 spiro atoms. The molecule has 0 saturated carbocycles. The Labute approximate surface area is 171 Å². The first-order chi connectivity index (χ1) is 14.4. The fourth-order valence-corrected chi connectivity index (χ4v) is 2.74. The predicted molar refractivity (Wildman–Crippen MR) is 110 cm³/mol. The number of Topliss-reactive ketones (excluding diaryl/α,β-unsaturated/α-hetero) is 1. The lowest BCUT2D eigenvalue weighted by atomic mass is 10.1. The van der Waals surface area contributed by atoms with Crippen molar-refractivity contribution in [3.05, 3.63) is 83.1 Å². The van der Waals surface area contributed by atoms with E-state index in [4.69, 9.17) is 9.52 Å². The summed E-state index contributed by atoms with van der Waals surface area (Å²) in [6.07, 6.45) is 1.29. The quantitative estimate of drug-likeness (QED) is 0.360. The molecule has 0 saturated heterocycles. The van der Waals surface area contributed by atoms with Crippen LogP contribution in [0.3, 0.4) is 0 Å². The van der Waals surface area contributed by atoms with Gasteiger partial charge in [-0.2, -0.15) is 5.26 Å². The van der Waals surface area contributed by atoms with Gasteiger partial charge < -0.3 is 14.8 Å². The van der Waals surface area contributed by atoms with Crippen molar-refractivity contribution < 1.29 is 23.9 Å². The van der Waals surface area contributed by atoms with Gasteiger partial charge in [-0.15, -0.1) is 0 Å². The van der Waals surface area contributed by atoms with E-state index in [0.29, 0.717) is 22.6 Å². The zero-order valence-corrected chi connectivity index (χ0v) is 15.9. The van der Waals surface area contributed by atoms with Crippen LogP contribution in [0.4, 0.5) is 5.69 Å². The summed E-state index contributed by atoms with van der Waals surface area (Å²) in [5.74, 6) is -1.18. The summed E-state index contributed by atoms with van der Waals surface area (Å²) >= 11 is 0. The molecule has 3 aromatic rings. The summed E-state index contributed by atoms with van der Waals surface area (Å²) in [5.41, 5.74) is 1.26. The monoisotopic (exact) mass is 400 g/mol. The highest BCUT2D eigenvalue weighted by molar-refractivity contribution is 6.12. The Hall–Kier alpha value is -4.44. The number of anilines is 1. The number of amides is 1. The van der Waals surface area contributed by atoms with Gasteiger partial charge >= 0.3 is 5.97 Å². The van der Waals surface area contributed by atoms with Crippen LogP contribution in [0.2, 0.25) is 0 Å². The van der Waals surface area contributed by atoms with Gasteiger partial charge in [-0.3, -0.25) is 9.59 Å². The number of hydrogen-bond acceptors (Lipinski definition) is 5. The molecule has 0 aliphatic rings. The lowest BCUT2D eigenvalue weighted by Gasteiger charge is -2.08. The van der Waals surface area contributed by atoms with Crippen LogP contribution in [0.15, 0.2) is 70.7 Å². The number of aromatic carboxylic acids is 1. The number of ketones is 1. The van der Waals surface area contributed by atoms with Crippen LogP contribution in [0.1, 0.15) is 33.4 Å². The third-order valence-corrected chi connectivity index (χ3v) is 4.25. The van der Waals surface area contributed by atoms with Gasteiger partial charge in [0.1, 0.15) is 23.2 Å². The number of carboxylic acids is 1. The molecular formula is C23H16N2O5. The van der Waals surface area contributed by atoms with Gasteiger partial charge in [-0.05, 0) is 43.3 Å². The van der Waals surface area contributed by atoms with Gasteiger partial charge in [-0.1, -0.05) is 24.3 Å². The van der Waals surface area contributed by atoms with E-state index in [0.717, 1.165) is 0 Å². The van der Waals surface area contributed by atoms with Gasteiger partial charge in [0, 0.05) is 17.2 Å². The van der Waals surface area contributed by atoms with Crippen LogP contribution < -0.4 is 5.32 Å². The first kappa shape index (κ1) is 20.3. The lowest BCUT2D eigenvalue weighted by Crippen LogP contribution is -2.15. The Kier molecular flexibility index (Phi) is 5.89. The predicted octanol–water partition coefficient (Wildman–Crippen LogP) is 4.39. The molecule has 0 aliphatic heterocycles. The van der Waals surface area contributed by atoms with Crippen LogP contribution in [0, 0.1) is 11.3 Å². The highest BCUT2D eigenvalue weighted by Crippen LogP contribution is 2.24. The number of carbonyl (C=O) groups is 3. The van der Waals surface area contributed by atoms with Gasteiger partial charge in [0.25, 0.3) is 5.91 Å². The van der Waals surface area contributed by atoms with Crippen molar-refractivity contribution in [1.29, 1.82) is 5.26 Å². The third kappa shape index (κ3) is 4.51. The van der Waals surface area contributed by atoms with E-state index in [-0.39, 0.29) is 22.7 Å². The molecule has 0 bridgehead atoms. The number of benzene rings is 2. The molecule has 0 unspecified atom stereocenters. The number of nitrogens with zero attached hydrogens (tertiary/aromatic N) is 1. The summed E-state index contributed by atoms with van der Waals surface area (Å²) in [7, 11) is 0. The van der Waals surface area contributed by atoms with Crippen LogP contribution in [-0.4, -0.2) is 22.8 Å². The Bertz CT molecular complexity index is 1200. The summed E-state index contributed by atoms with van der Waals surface area (Å²) in [4.78, 5) is 35.1. The van der Waals surface area contributed by atoms with E-state index >= 15 is 0 Å². The van der Waals surface area contributed by atoms with Crippen molar-refractivity contribution in [3.63, 3.8) is 0 Å². The zero-order valence-electron chi connectivity index (χ0n) is 15.9. The largest absolute Gasteiger partial charge is 0.478 e. The highest BCUT2D eigenvalue weighted by atomic mass is 16.4. The molecule has 30 heavy (non-hydrogen) atoms. The summed E-state index contributed by atoms with van der Waals surface area (Å²) < 4.78 is 5.66. The van der Waals surface area contributed by atoms with E-state index in [1.807, 2.05) is 6.07 Å². The molecule has 1 heterocycles. The van der Waals surface area contributed by atoms with Crippen molar-refractivity contribution >= 4 is 29.4 Å². The zero-order chi connectivity index (χ0) is 21.7. The van der Waals surface area contributed by atoms with Gasteiger partial charge in [0.15, 0.2) is 5.78 Å². The van der Waals surface area contributed by atoms with Crippen molar-refractivity contribution in [1.82, 2.24) is 0 Å². The minimum atomic E-state index is -1.03. The first-order valence-corrected chi connectivity index (χ1v) is 8.85. The van der Waals surface area contributed by atoms with Crippen LogP contribution in [-0.2, 0) is 4.79 Å². The van der Waals surface area contributed by atoms with Crippen molar-refractivity contribution in [2.45, 2.75) is 6.92 Å². The van der Waals surface area contributed by atoms with Crippen molar-refractivity contribution in [2.24, 2.45) is 0 Å². The van der Waals surface area contributed by atoms with Crippen LogP contribution in [0.5, 0.6) is 0 Å². The number of nitrogens with one attached hydrogen (secondary N) is 1. The average molecular weight is 400 g/mol. The Morgan fingerprint density at radius 1 is 1.03 bits per heavy atom. The summed E-state index contributed by atoms with van der Waals surface area (Å²) in [6, 6.07) is 17.7. The minimum absolute atomic E-state index is 0.153. The third-order valence-electron chi connectivity index (χ3n) is 4.25. The van der Waals surface area contributed by atoms with E-state index in [9.17, 15) is 19.6 Å². The second-order valence-corrected chi connectivity index (χ2v) is 6.31. The minimum Gasteiger partial charge on any atom is -0.478 e. The number of nitriles is 1. The number of para-hydroxylation sites is 1. The van der Waals surface area contributed by atoms with Gasteiger partial charge in [0.05, 0.1) is 11.3 Å². The van der Waals surface area contributed by atoms with Gasteiger partial charge in [-0.25, -0.2) is 4.79 Å². The van der Waals surface area contributed by atoms with E-state index < -0.39 is 11.9 Å². The van der Waals surface area contributed by atoms with Gasteiger partial charge in [0.2, 0.25) is 0 Å². The number of carbonyl (C=O) groups excluding carboxylic acids is 2. The molecule has 3 rings (SSSR count). The smallest absolute Gasteiger partial charge is 0.335 e. The maximum Gasteiger partial charge on any atom is 0.335 e. The molecule has 0 aliphatic carbocycles. The first-order valence-electron chi connectivity index (χ1n) is 8.85. The molecule has 7 nitrogen and oxygen atoms in total. The maximum atomic E-state index is 12.5. The highest BCUT2D eigenvalue weighted by Gasteiger charge is 2.14. The normalized spacial score (nSPS) is 10.9. The molecule has 2 aromatic carbocycles. The van der Waals surface area contributed by atoms with Crippen LogP contribution >= 0.6 is 0 Å². The molecule has 1 amide bonds. The molecule has 0 fully saturated rings. The topological polar surface area (TPSA) is 120 Å². The SMILES string of the molecule is CC(=O)c1ccccc1NC(=O)/C(C#N)=C\c1ccc(-c2ccc(C(=O)O)cc2)o1. The van der Waals surface area contributed by atoms with E-state index in [2.05, 4.69) is 5.32 Å². The van der Waals surface area contributed by atoms with E-state index in [1.165, 1.54) is 25.1 Å². The Morgan fingerprint density at radius 3 is 2.37 bits per heavy atom. The Morgan fingerprint density at radius 2 is 1.73 bits per heavy atom. The molecule has 2 N–H and O–H groups in total. The molecular weight excluding hydrogens is 384 g/mol. The summed E-state index contributed by atoms with van der Waals surface area (Å²) in [5, 5.41) is 20.9. The molecule has 0 radical (unpaired) electrons. The Balaban J connectivity index is 1.82. The summed E-state index contributed by atoms with van der Waals surface area (Å²) in [6.45, 7) is 1.39. The van der Waals surface area contributed by atoms with E-state index in [1.54, 1.807) is 48.5 Å². The number of furan rings is 1. The fourth-order valence-electron chi connectivity index (χ4n) is 2.74. The molecule has 0 atom stereocenters. The lowest BCUT2D eigenvalue weighted by molar-refractivity contribution is -0.112. The average Bonchev–Trinajstić information content (AvgIpc) is 3.21. The van der Waals surface area contributed by atoms with Crippen LogP contribution in [0.25, 0.3) is 17.4 Å². The number of hydrogen-bond donors (Lipinski definition) is 2. The molecule has 7 heteroatoms. The van der Waals surface area contributed by atoms with Crippen molar-refractivity contribution in [3.8, 4) is 17.4 Å². The van der Waals surface area contributed by atoms with Crippen molar-refractivity contribution in [2.75, 3.05) is 5.32 Å². The second-order valence-electron chi connectivity index (χ2n) is 6.31. The molecule has 148 valence electrons. The number of carboxylic acid groups (broad SMARTS) is 1. The molecule has 1 aromatic heterocycles. The fraction of sp³-hybridized carbons (Fsp3) is 0.0435. The maximum absolute atomic E-state index is 12.5. The number of rotatable bonds is 6. The standard InChI is InChI=1S/C23H16N2O5/c1-14(26)19-4-2-3-5-20(19)25-22(27)17(13-24)12-18-10-11-21(30-18)15-6-8-16(9-7-15)23(28)29/h2-12H,1H3,(H,25,27)(H,28,29)/b17-12-. The second kappa shape index (κ2) is 8.71.